The molecule has 28 heavy (non-hydrogen) atoms. The third-order valence-electron chi connectivity index (χ3n) is 4.18. The fourth-order valence-electron chi connectivity index (χ4n) is 2.96. The van der Waals surface area contributed by atoms with E-state index in [1.807, 2.05) is 0 Å². The molecule has 0 amide bonds. The molecule has 0 aromatic heterocycles. The maximum atomic E-state index is 12.7. The predicted octanol–water partition coefficient (Wildman–Crippen LogP) is 5.72. The van der Waals surface area contributed by atoms with E-state index in [0.717, 1.165) is 0 Å². The van der Waals surface area contributed by atoms with Gasteiger partial charge in [-0.2, -0.15) is 17.6 Å². The van der Waals surface area contributed by atoms with Gasteiger partial charge in [-0.05, 0) is 37.1 Å². The van der Waals surface area contributed by atoms with Crippen molar-refractivity contribution in [2.45, 2.75) is 26.1 Å². The molecule has 2 aromatic rings. The van der Waals surface area contributed by atoms with Crippen LogP contribution in [0.2, 0.25) is 0 Å². The van der Waals surface area contributed by atoms with Crippen molar-refractivity contribution < 1.29 is 31.8 Å². The summed E-state index contributed by atoms with van der Waals surface area (Å²) in [7, 11) is 0. The van der Waals surface area contributed by atoms with Gasteiger partial charge in [-0.15, -0.1) is 0 Å². The molecule has 1 fully saturated rings. The van der Waals surface area contributed by atoms with Crippen LogP contribution in [0.1, 0.15) is 24.0 Å². The highest BCUT2D eigenvalue weighted by Crippen LogP contribution is 2.33. The quantitative estimate of drug-likeness (QED) is 0.466. The van der Waals surface area contributed by atoms with Crippen molar-refractivity contribution in [2.24, 2.45) is 0 Å². The minimum Gasteiger partial charge on any atom is -0.434 e. The van der Waals surface area contributed by atoms with Gasteiger partial charge in [0.05, 0.1) is 0 Å². The molecule has 146 valence electrons. The van der Waals surface area contributed by atoms with Gasteiger partial charge in [0.1, 0.15) is 11.5 Å². The zero-order valence-electron chi connectivity index (χ0n) is 14.6. The molecule has 0 heterocycles. The first-order valence-corrected chi connectivity index (χ1v) is 8.47. The van der Waals surface area contributed by atoms with E-state index in [1.54, 1.807) is 36.4 Å². The van der Waals surface area contributed by atoms with Gasteiger partial charge in [0.25, 0.3) is 0 Å². The van der Waals surface area contributed by atoms with Gasteiger partial charge >= 0.3 is 13.2 Å². The highest BCUT2D eigenvalue weighted by molar-refractivity contribution is 6.15. The summed E-state index contributed by atoms with van der Waals surface area (Å²) in [5, 5.41) is 0. The van der Waals surface area contributed by atoms with E-state index in [9.17, 15) is 22.4 Å². The first-order valence-electron chi connectivity index (χ1n) is 8.47. The number of halogens is 4. The van der Waals surface area contributed by atoms with Crippen LogP contribution in [0.5, 0.6) is 11.5 Å². The van der Waals surface area contributed by atoms with Gasteiger partial charge in [-0.25, -0.2) is 0 Å². The van der Waals surface area contributed by atoms with Crippen molar-refractivity contribution >= 4 is 17.9 Å². The number of alkyl halides is 4. The van der Waals surface area contributed by atoms with Crippen LogP contribution in [-0.4, -0.2) is 19.0 Å². The first-order chi connectivity index (χ1) is 13.4. The summed E-state index contributed by atoms with van der Waals surface area (Å²) in [6.07, 6.45) is 3.85. The fourth-order valence-corrected chi connectivity index (χ4v) is 2.96. The molecular formula is C21H16F4O3. The molecule has 7 heteroatoms. The van der Waals surface area contributed by atoms with Crippen LogP contribution < -0.4 is 9.47 Å². The Morgan fingerprint density at radius 3 is 1.50 bits per heavy atom. The minimum absolute atomic E-state index is 0.0223. The number of Topliss-reactive ketones (excluding diaryl/α,β-unsaturated/α-hetero) is 1. The van der Waals surface area contributed by atoms with Gasteiger partial charge in [0, 0.05) is 22.3 Å². The van der Waals surface area contributed by atoms with Crippen LogP contribution in [-0.2, 0) is 4.79 Å². The maximum absolute atomic E-state index is 12.7. The maximum Gasteiger partial charge on any atom is 0.387 e. The van der Waals surface area contributed by atoms with E-state index in [-0.39, 0.29) is 17.3 Å². The van der Waals surface area contributed by atoms with Crippen LogP contribution in [0.3, 0.4) is 0 Å². The average molecular weight is 392 g/mol. The zero-order chi connectivity index (χ0) is 20.1. The molecule has 3 nitrogen and oxygen atoms in total. The Balaban J connectivity index is 1.87. The molecular weight excluding hydrogens is 376 g/mol. The second kappa shape index (κ2) is 8.73. The average Bonchev–Trinajstić information content (AvgIpc) is 2.97. The number of ketones is 1. The summed E-state index contributed by atoms with van der Waals surface area (Å²) >= 11 is 0. The Morgan fingerprint density at radius 2 is 1.11 bits per heavy atom. The minimum atomic E-state index is -2.97. The Kier molecular flexibility index (Phi) is 6.13. The van der Waals surface area contributed by atoms with Gasteiger partial charge in [0.2, 0.25) is 0 Å². The standard InChI is InChI=1S/C21H16F4O3/c22-20(23)27-17-7-3-1-5-13(17)11-15-9-10-16(19(15)26)12-14-6-2-4-8-18(14)28-21(24)25/h1-8,11-12,20-21H,9-10H2/b15-11-,16-12+. The Labute approximate surface area is 158 Å². The smallest absolute Gasteiger partial charge is 0.387 e. The van der Waals surface area contributed by atoms with E-state index in [4.69, 9.17) is 0 Å². The van der Waals surface area contributed by atoms with Crippen molar-refractivity contribution in [3.63, 3.8) is 0 Å². The van der Waals surface area contributed by atoms with Gasteiger partial charge in [-0.3, -0.25) is 4.79 Å². The molecule has 0 unspecified atom stereocenters. The number of carbonyl (C=O) groups excluding carboxylic acids is 1. The van der Waals surface area contributed by atoms with E-state index < -0.39 is 13.2 Å². The van der Waals surface area contributed by atoms with Crippen LogP contribution >= 0.6 is 0 Å². The van der Waals surface area contributed by atoms with E-state index in [0.29, 0.717) is 35.1 Å². The van der Waals surface area contributed by atoms with Gasteiger partial charge in [-0.1, -0.05) is 36.4 Å². The summed E-state index contributed by atoms with van der Waals surface area (Å²) in [5.74, 6) is -0.310. The van der Waals surface area contributed by atoms with E-state index in [1.165, 1.54) is 24.3 Å². The zero-order valence-corrected chi connectivity index (χ0v) is 14.6. The molecule has 0 spiro atoms. The number of carbonyl (C=O) groups is 1. The number of rotatable bonds is 6. The monoisotopic (exact) mass is 392 g/mol. The SMILES string of the molecule is O=C1/C(=C\c2ccccc2OC(F)F)CC/C1=C\c1ccccc1OC(F)F. The third-order valence-corrected chi connectivity index (χ3v) is 4.18. The van der Waals surface area contributed by atoms with Crippen molar-refractivity contribution in [3.05, 3.63) is 70.8 Å². The molecule has 0 N–H and O–H groups in total. The van der Waals surface area contributed by atoms with Crippen LogP contribution in [0, 0.1) is 0 Å². The second-order valence-corrected chi connectivity index (χ2v) is 6.00. The van der Waals surface area contributed by atoms with Crippen molar-refractivity contribution in [2.75, 3.05) is 0 Å². The van der Waals surface area contributed by atoms with E-state index >= 15 is 0 Å². The second-order valence-electron chi connectivity index (χ2n) is 6.00. The molecule has 2 aromatic carbocycles. The number of ether oxygens (including phenoxy) is 2. The fraction of sp³-hybridized carbons (Fsp3) is 0.190. The molecule has 0 radical (unpaired) electrons. The number of allylic oxidation sites excluding steroid dienone is 2. The largest absolute Gasteiger partial charge is 0.434 e. The topological polar surface area (TPSA) is 35.5 Å². The normalized spacial score (nSPS) is 17.1. The summed E-state index contributed by atoms with van der Waals surface area (Å²) in [6, 6.07) is 12.4. The molecule has 1 aliphatic rings. The predicted molar refractivity (Wildman–Crippen MR) is 96.3 cm³/mol. The third kappa shape index (κ3) is 4.79. The lowest BCUT2D eigenvalue weighted by molar-refractivity contribution is -0.111. The summed E-state index contributed by atoms with van der Waals surface area (Å²) in [6.45, 7) is -5.94. The van der Waals surface area contributed by atoms with Crippen LogP contribution in [0.25, 0.3) is 12.2 Å². The lowest BCUT2D eigenvalue weighted by Crippen LogP contribution is -2.04. The molecule has 0 bridgehead atoms. The summed E-state index contributed by atoms with van der Waals surface area (Å²) in [5.41, 5.74) is 1.61. The van der Waals surface area contributed by atoms with Crippen LogP contribution in [0.15, 0.2) is 59.7 Å². The molecule has 3 rings (SSSR count). The number of benzene rings is 2. The Bertz CT molecular complexity index is 846. The summed E-state index contributed by atoms with van der Waals surface area (Å²) in [4.78, 5) is 12.7. The molecule has 0 saturated heterocycles. The van der Waals surface area contributed by atoms with Crippen molar-refractivity contribution in [1.29, 1.82) is 0 Å². The number of para-hydroxylation sites is 2. The lowest BCUT2D eigenvalue weighted by atomic mass is 10.1. The van der Waals surface area contributed by atoms with Crippen molar-refractivity contribution in [1.82, 2.24) is 0 Å². The highest BCUT2D eigenvalue weighted by atomic mass is 19.3. The molecule has 1 saturated carbocycles. The Morgan fingerprint density at radius 1 is 0.714 bits per heavy atom. The molecule has 0 aliphatic heterocycles. The van der Waals surface area contributed by atoms with E-state index in [2.05, 4.69) is 9.47 Å². The van der Waals surface area contributed by atoms with Crippen molar-refractivity contribution in [3.8, 4) is 11.5 Å². The molecule has 0 atom stereocenters. The first kappa shape index (κ1) is 19.7. The summed E-state index contributed by atoms with van der Waals surface area (Å²) < 4.78 is 59.1. The highest BCUT2D eigenvalue weighted by Gasteiger charge is 2.24. The Hall–Kier alpha value is -3.09. The van der Waals surface area contributed by atoms with Gasteiger partial charge in [0.15, 0.2) is 5.78 Å². The van der Waals surface area contributed by atoms with Gasteiger partial charge < -0.3 is 9.47 Å². The lowest BCUT2D eigenvalue weighted by Gasteiger charge is -2.08. The number of hydrogen-bond acceptors (Lipinski definition) is 3. The van der Waals surface area contributed by atoms with Crippen LogP contribution in [0.4, 0.5) is 17.6 Å². The molecule has 1 aliphatic carbocycles. The number of hydrogen-bond donors (Lipinski definition) is 0.